The van der Waals surface area contributed by atoms with E-state index in [1.807, 2.05) is 64.4 Å². The van der Waals surface area contributed by atoms with Gasteiger partial charge in [-0.15, -0.1) is 0 Å². The third-order valence-corrected chi connectivity index (χ3v) is 6.86. The lowest BCUT2D eigenvalue weighted by Crippen LogP contribution is -2.49. The number of amides is 2. The number of nitrogens with zero attached hydrogens (tertiary/aromatic N) is 4. The van der Waals surface area contributed by atoms with Crippen molar-refractivity contribution < 1.29 is 14.3 Å². The Labute approximate surface area is 203 Å². The van der Waals surface area contributed by atoms with Gasteiger partial charge in [0.15, 0.2) is 0 Å². The van der Waals surface area contributed by atoms with Crippen molar-refractivity contribution in [2.75, 3.05) is 57.4 Å². The van der Waals surface area contributed by atoms with E-state index in [4.69, 9.17) is 21.3 Å². The first kappa shape index (κ1) is 22.6. The van der Waals surface area contributed by atoms with Gasteiger partial charge in [-0.05, 0) is 23.8 Å². The Bertz CT molecular complexity index is 1200. The number of para-hydroxylation sites is 1. The van der Waals surface area contributed by atoms with Crippen molar-refractivity contribution in [3.8, 4) is 0 Å². The summed E-state index contributed by atoms with van der Waals surface area (Å²) in [5.74, 6) is 0.854. The van der Waals surface area contributed by atoms with Crippen molar-refractivity contribution in [3.63, 3.8) is 0 Å². The number of fused-ring (bicyclic) bond motifs is 1. The molecule has 2 aliphatic heterocycles. The summed E-state index contributed by atoms with van der Waals surface area (Å²) < 4.78 is 5.41. The largest absolute Gasteiger partial charge is 0.378 e. The zero-order valence-corrected chi connectivity index (χ0v) is 19.7. The lowest BCUT2D eigenvalue weighted by molar-refractivity contribution is -0.130. The fourth-order valence-electron chi connectivity index (χ4n) is 4.54. The minimum Gasteiger partial charge on any atom is -0.378 e. The Morgan fingerprint density at radius 2 is 1.59 bits per heavy atom. The maximum atomic E-state index is 13.4. The number of benzene rings is 2. The molecule has 2 aromatic carbocycles. The predicted octanol–water partition coefficient (Wildman–Crippen LogP) is 3.25. The molecule has 2 aliphatic rings. The van der Waals surface area contributed by atoms with Crippen LogP contribution in [0.1, 0.15) is 15.9 Å². The van der Waals surface area contributed by atoms with Gasteiger partial charge in [-0.1, -0.05) is 48.0 Å². The molecule has 0 bridgehead atoms. The molecule has 7 nitrogen and oxygen atoms in total. The van der Waals surface area contributed by atoms with Gasteiger partial charge in [0.2, 0.25) is 5.91 Å². The molecule has 8 heteroatoms. The van der Waals surface area contributed by atoms with E-state index in [0.29, 0.717) is 69.5 Å². The Morgan fingerprint density at radius 3 is 2.35 bits per heavy atom. The van der Waals surface area contributed by atoms with E-state index < -0.39 is 0 Å². The molecule has 3 aromatic rings. The zero-order valence-electron chi connectivity index (χ0n) is 19.0. The molecule has 0 atom stereocenters. The summed E-state index contributed by atoms with van der Waals surface area (Å²) in [6.07, 6.45) is 0.298. The molecule has 0 unspecified atom stereocenters. The molecule has 2 fully saturated rings. The summed E-state index contributed by atoms with van der Waals surface area (Å²) in [4.78, 5) is 36.9. The Kier molecular flexibility index (Phi) is 6.65. The highest BCUT2D eigenvalue weighted by Gasteiger charge is 2.26. The number of ether oxygens (including phenoxy) is 1. The van der Waals surface area contributed by atoms with Crippen LogP contribution in [-0.4, -0.2) is 79.1 Å². The minimum atomic E-state index is 0.0108. The van der Waals surface area contributed by atoms with E-state index in [2.05, 4.69) is 4.90 Å². The van der Waals surface area contributed by atoms with Crippen molar-refractivity contribution in [3.05, 3.63) is 70.7 Å². The number of carbonyl (C=O) groups excluding carboxylic acids is 2. The molecule has 0 aliphatic carbocycles. The number of anilines is 1. The van der Waals surface area contributed by atoms with Crippen LogP contribution < -0.4 is 4.90 Å². The number of halogens is 1. The number of carbonyl (C=O) groups is 2. The second-order valence-corrected chi connectivity index (χ2v) is 8.99. The average Bonchev–Trinajstić information content (AvgIpc) is 2.89. The topological polar surface area (TPSA) is 66.0 Å². The molecule has 0 spiro atoms. The molecular formula is C26H27ClN4O3. The van der Waals surface area contributed by atoms with Crippen LogP contribution in [0.2, 0.25) is 5.02 Å². The van der Waals surface area contributed by atoms with Gasteiger partial charge < -0.3 is 19.4 Å². The fourth-order valence-corrected chi connectivity index (χ4v) is 4.74. The van der Waals surface area contributed by atoms with E-state index in [1.165, 1.54) is 0 Å². The van der Waals surface area contributed by atoms with Gasteiger partial charge in [0.1, 0.15) is 5.82 Å². The molecule has 0 saturated carbocycles. The molecule has 34 heavy (non-hydrogen) atoms. The lowest BCUT2D eigenvalue weighted by atomic mass is 10.1. The molecule has 0 radical (unpaired) electrons. The van der Waals surface area contributed by atoms with Gasteiger partial charge in [0, 0.05) is 49.7 Å². The van der Waals surface area contributed by atoms with E-state index in [0.717, 1.165) is 22.3 Å². The van der Waals surface area contributed by atoms with Crippen LogP contribution >= 0.6 is 11.6 Å². The van der Waals surface area contributed by atoms with Gasteiger partial charge in [-0.2, -0.15) is 0 Å². The summed E-state index contributed by atoms with van der Waals surface area (Å²) in [7, 11) is 0. The predicted molar refractivity (Wildman–Crippen MR) is 132 cm³/mol. The highest BCUT2D eigenvalue weighted by molar-refractivity contribution is 6.31. The SMILES string of the molecule is O=C(Cc1ccccc1Cl)N1CCN(c2cc(C(=O)N3CCOCC3)c3ccccc3n2)CC1. The van der Waals surface area contributed by atoms with E-state index >= 15 is 0 Å². The van der Waals surface area contributed by atoms with Crippen LogP contribution in [0, 0.1) is 0 Å². The molecule has 3 heterocycles. The molecule has 1 aromatic heterocycles. The minimum absolute atomic E-state index is 0.0108. The first-order valence-electron chi connectivity index (χ1n) is 11.6. The monoisotopic (exact) mass is 478 g/mol. The molecule has 2 saturated heterocycles. The van der Waals surface area contributed by atoms with Crippen LogP contribution in [0.5, 0.6) is 0 Å². The second kappa shape index (κ2) is 9.99. The third-order valence-electron chi connectivity index (χ3n) is 6.49. The first-order valence-corrected chi connectivity index (χ1v) is 12.0. The molecular weight excluding hydrogens is 452 g/mol. The zero-order chi connectivity index (χ0) is 23.5. The number of pyridine rings is 1. The van der Waals surface area contributed by atoms with Crippen LogP contribution in [0.15, 0.2) is 54.6 Å². The smallest absolute Gasteiger partial charge is 0.254 e. The van der Waals surface area contributed by atoms with Gasteiger partial charge >= 0.3 is 0 Å². The van der Waals surface area contributed by atoms with Crippen LogP contribution in [-0.2, 0) is 16.0 Å². The fraction of sp³-hybridized carbons (Fsp3) is 0.346. The number of hydrogen-bond acceptors (Lipinski definition) is 5. The van der Waals surface area contributed by atoms with Gasteiger partial charge in [-0.25, -0.2) is 4.98 Å². The highest BCUT2D eigenvalue weighted by Crippen LogP contribution is 2.26. The standard InChI is InChI=1S/C26H27ClN4O3/c27-22-7-3-1-5-19(22)17-25(32)30-11-9-29(10-12-30)24-18-21(20-6-2-4-8-23(20)28-24)26(33)31-13-15-34-16-14-31/h1-8,18H,9-17H2. The Hall–Kier alpha value is -3.16. The van der Waals surface area contributed by atoms with Crippen molar-refractivity contribution in [2.45, 2.75) is 6.42 Å². The van der Waals surface area contributed by atoms with Crippen molar-refractivity contribution in [1.29, 1.82) is 0 Å². The molecule has 0 N–H and O–H groups in total. The van der Waals surface area contributed by atoms with Crippen molar-refractivity contribution in [2.24, 2.45) is 0 Å². The quantitative estimate of drug-likeness (QED) is 0.576. The van der Waals surface area contributed by atoms with Gasteiger partial charge in [0.25, 0.3) is 5.91 Å². The summed E-state index contributed by atoms with van der Waals surface area (Å²) in [5.41, 5.74) is 2.31. The maximum Gasteiger partial charge on any atom is 0.254 e. The second-order valence-electron chi connectivity index (χ2n) is 8.59. The van der Waals surface area contributed by atoms with Crippen LogP contribution in [0.25, 0.3) is 10.9 Å². The van der Waals surface area contributed by atoms with Crippen LogP contribution in [0.3, 0.4) is 0 Å². The molecule has 5 rings (SSSR count). The first-order chi connectivity index (χ1) is 16.6. The summed E-state index contributed by atoms with van der Waals surface area (Å²) >= 11 is 6.23. The molecule has 176 valence electrons. The highest BCUT2D eigenvalue weighted by atomic mass is 35.5. The number of rotatable bonds is 4. The normalized spacial score (nSPS) is 16.7. The van der Waals surface area contributed by atoms with Crippen molar-refractivity contribution in [1.82, 2.24) is 14.8 Å². The van der Waals surface area contributed by atoms with Gasteiger partial charge in [-0.3, -0.25) is 9.59 Å². The summed E-state index contributed by atoms with van der Waals surface area (Å²) in [5, 5.41) is 1.48. The van der Waals surface area contributed by atoms with Gasteiger partial charge in [0.05, 0.1) is 30.7 Å². The maximum absolute atomic E-state index is 13.4. The van der Waals surface area contributed by atoms with E-state index in [1.54, 1.807) is 0 Å². The average molecular weight is 479 g/mol. The van der Waals surface area contributed by atoms with Crippen LogP contribution in [0.4, 0.5) is 5.82 Å². The van der Waals surface area contributed by atoms with Crippen molar-refractivity contribution >= 4 is 40.1 Å². The Balaban J connectivity index is 1.32. The molecule has 2 amide bonds. The van der Waals surface area contributed by atoms with E-state index in [9.17, 15) is 9.59 Å². The summed E-state index contributed by atoms with van der Waals surface area (Å²) in [6.45, 7) is 4.83. The number of hydrogen-bond donors (Lipinski definition) is 0. The summed E-state index contributed by atoms with van der Waals surface area (Å²) in [6, 6.07) is 17.1. The lowest BCUT2D eigenvalue weighted by Gasteiger charge is -2.36. The number of aromatic nitrogens is 1. The third kappa shape index (κ3) is 4.72. The number of piperazine rings is 1. The Morgan fingerprint density at radius 1 is 0.882 bits per heavy atom. The van der Waals surface area contributed by atoms with E-state index in [-0.39, 0.29) is 11.8 Å². The number of morpholine rings is 1.